The van der Waals surface area contributed by atoms with Crippen molar-refractivity contribution in [3.63, 3.8) is 0 Å². The molecular formula is C25H17FN6O2. The normalized spacial score (nSPS) is 10.7. The third-order valence-corrected chi connectivity index (χ3v) is 5.07. The number of pyridine rings is 2. The Morgan fingerprint density at radius 2 is 1.50 bits per heavy atom. The Kier molecular flexibility index (Phi) is 5.49. The van der Waals surface area contributed by atoms with Gasteiger partial charge in [-0.2, -0.15) is 0 Å². The van der Waals surface area contributed by atoms with E-state index in [1.165, 1.54) is 24.3 Å². The number of fused-ring (bicyclic) bond motifs is 1. The highest BCUT2D eigenvalue weighted by molar-refractivity contribution is 6.05. The van der Waals surface area contributed by atoms with E-state index in [1.54, 1.807) is 48.9 Å². The standard InChI is InChI=1S/C25H17FN6O2/c26-18-5-1-16(2-6-18)24(33)29-19-7-3-15(4-8-19)23-30-20-13-22(28-14-21(20)31-23)32-25(34)17-9-11-27-12-10-17/h1-14H,(H,29,33)(H,30,31)(H,28,32,34). The zero-order valence-electron chi connectivity index (χ0n) is 17.6. The van der Waals surface area contributed by atoms with Crippen molar-refractivity contribution in [1.29, 1.82) is 0 Å². The van der Waals surface area contributed by atoms with Crippen LogP contribution in [0, 0.1) is 5.82 Å². The van der Waals surface area contributed by atoms with Crippen molar-refractivity contribution in [3.05, 3.63) is 102 Å². The molecule has 34 heavy (non-hydrogen) atoms. The van der Waals surface area contributed by atoms with Gasteiger partial charge in [-0.1, -0.05) is 0 Å². The lowest BCUT2D eigenvalue weighted by molar-refractivity contribution is 0.101. The first-order valence-corrected chi connectivity index (χ1v) is 10.3. The van der Waals surface area contributed by atoms with Crippen LogP contribution in [0.15, 0.2) is 85.3 Å². The molecule has 0 aliphatic carbocycles. The van der Waals surface area contributed by atoms with Crippen molar-refractivity contribution in [2.24, 2.45) is 0 Å². The van der Waals surface area contributed by atoms with Gasteiger partial charge in [0.25, 0.3) is 11.8 Å². The molecule has 0 atom stereocenters. The number of hydrogen-bond donors (Lipinski definition) is 3. The summed E-state index contributed by atoms with van der Waals surface area (Å²) in [4.78, 5) is 40.6. The maximum Gasteiger partial charge on any atom is 0.256 e. The molecule has 0 aliphatic rings. The van der Waals surface area contributed by atoms with Gasteiger partial charge in [0.15, 0.2) is 0 Å². The monoisotopic (exact) mass is 452 g/mol. The lowest BCUT2D eigenvalue weighted by Crippen LogP contribution is -2.12. The van der Waals surface area contributed by atoms with Crippen LogP contribution >= 0.6 is 0 Å². The van der Waals surface area contributed by atoms with Crippen LogP contribution in [0.1, 0.15) is 20.7 Å². The van der Waals surface area contributed by atoms with Gasteiger partial charge in [0.1, 0.15) is 17.5 Å². The molecule has 2 aromatic carbocycles. The maximum absolute atomic E-state index is 13.0. The summed E-state index contributed by atoms with van der Waals surface area (Å²) in [6.07, 6.45) is 4.70. The smallest absolute Gasteiger partial charge is 0.256 e. The van der Waals surface area contributed by atoms with E-state index < -0.39 is 5.82 Å². The lowest BCUT2D eigenvalue weighted by atomic mass is 10.1. The molecule has 166 valence electrons. The molecule has 5 rings (SSSR count). The van der Waals surface area contributed by atoms with Gasteiger partial charge in [-0.25, -0.2) is 14.4 Å². The van der Waals surface area contributed by atoms with Gasteiger partial charge in [0, 0.05) is 40.8 Å². The molecule has 3 N–H and O–H groups in total. The predicted molar refractivity (Wildman–Crippen MR) is 126 cm³/mol. The highest BCUT2D eigenvalue weighted by Crippen LogP contribution is 2.23. The number of aromatic nitrogens is 4. The van der Waals surface area contributed by atoms with Crippen LogP contribution < -0.4 is 10.6 Å². The maximum atomic E-state index is 13.0. The average molecular weight is 452 g/mol. The third-order valence-electron chi connectivity index (χ3n) is 5.07. The summed E-state index contributed by atoms with van der Waals surface area (Å²) in [5.41, 5.74) is 3.60. The first-order chi connectivity index (χ1) is 16.5. The van der Waals surface area contributed by atoms with Crippen molar-refractivity contribution >= 4 is 34.4 Å². The minimum atomic E-state index is -0.398. The number of halogens is 1. The van der Waals surface area contributed by atoms with Crippen LogP contribution in [0.4, 0.5) is 15.9 Å². The zero-order chi connectivity index (χ0) is 23.5. The summed E-state index contributed by atoms with van der Waals surface area (Å²) in [7, 11) is 0. The van der Waals surface area contributed by atoms with Crippen LogP contribution in [0.5, 0.6) is 0 Å². The highest BCUT2D eigenvalue weighted by atomic mass is 19.1. The molecule has 0 bridgehead atoms. The molecule has 0 unspecified atom stereocenters. The fraction of sp³-hybridized carbons (Fsp3) is 0. The van der Waals surface area contributed by atoms with Gasteiger partial charge in [-0.15, -0.1) is 0 Å². The molecule has 2 amide bonds. The van der Waals surface area contributed by atoms with Crippen LogP contribution in [0.2, 0.25) is 0 Å². The van der Waals surface area contributed by atoms with E-state index in [4.69, 9.17) is 0 Å². The van der Waals surface area contributed by atoms with Crippen LogP contribution in [0.3, 0.4) is 0 Å². The SMILES string of the molecule is O=C(Nc1ccc(-c2nc3cc(NC(=O)c4ccncc4)ncc3[nH]2)cc1)c1ccc(F)cc1. The minimum Gasteiger partial charge on any atom is -0.337 e. The second-order valence-corrected chi connectivity index (χ2v) is 7.40. The quantitative estimate of drug-likeness (QED) is 0.359. The molecule has 8 nitrogen and oxygen atoms in total. The number of hydrogen-bond acceptors (Lipinski definition) is 5. The minimum absolute atomic E-state index is 0.289. The molecule has 0 aliphatic heterocycles. The van der Waals surface area contributed by atoms with Crippen molar-refractivity contribution in [3.8, 4) is 11.4 Å². The Hall–Kier alpha value is -4.92. The van der Waals surface area contributed by atoms with Gasteiger partial charge in [0.2, 0.25) is 0 Å². The Morgan fingerprint density at radius 1 is 0.824 bits per heavy atom. The summed E-state index contributed by atoms with van der Waals surface area (Å²) < 4.78 is 13.0. The number of imidazole rings is 1. The summed E-state index contributed by atoms with van der Waals surface area (Å²) in [6, 6.07) is 17.4. The molecule has 3 heterocycles. The fourth-order valence-corrected chi connectivity index (χ4v) is 3.32. The fourth-order valence-electron chi connectivity index (χ4n) is 3.32. The van der Waals surface area contributed by atoms with E-state index in [0.29, 0.717) is 39.5 Å². The van der Waals surface area contributed by atoms with Gasteiger partial charge in [-0.05, 0) is 60.7 Å². The van der Waals surface area contributed by atoms with Gasteiger partial charge in [0.05, 0.1) is 17.2 Å². The molecular weight excluding hydrogens is 435 g/mol. The van der Waals surface area contributed by atoms with Gasteiger partial charge < -0.3 is 15.6 Å². The number of anilines is 2. The molecule has 0 saturated heterocycles. The Morgan fingerprint density at radius 3 is 2.24 bits per heavy atom. The third kappa shape index (κ3) is 4.49. The summed E-state index contributed by atoms with van der Waals surface area (Å²) in [5.74, 6) is -0.0191. The van der Waals surface area contributed by atoms with E-state index >= 15 is 0 Å². The molecule has 3 aromatic heterocycles. The van der Waals surface area contributed by atoms with Gasteiger partial charge >= 0.3 is 0 Å². The number of aromatic amines is 1. The van der Waals surface area contributed by atoms with E-state index in [1.807, 2.05) is 12.1 Å². The average Bonchev–Trinajstić information content (AvgIpc) is 3.29. The van der Waals surface area contributed by atoms with E-state index in [-0.39, 0.29) is 11.8 Å². The van der Waals surface area contributed by atoms with E-state index in [9.17, 15) is 14.0 Å². The summed E-state index contributed by atoms with van der Waals surface area (Å²) in [6.45, 7) is 0. The van der Waals surface area contributed by atoms with Crippen molar-refractivity contribution in [1.82, 2.24) is 19.9 Å². The van der Waals surface area contributed by atoms with Crippen LogP contribution in [0.25, 0.3) is 22.4 Å². The Balaban J connectivity index is 1.30. The number of nitrogens with zero attached hydrogens (tertiary/aromatic N) is 3. The van der Waals surface area contributed by atoms with Crippen molar-refractivity contribution in [2.75, 3.05) is 10.6 Å². The Bertz CT molecular complexity index is 1480. The second kappa shape index (κ2) is 8.91. The lowest BCUT2D eigenvalue weighted by Gasteiger charge is -2.06. The topological polar surface area (TPSA) is 113 Å². The van der Waals surface area contributed by atoms with Crippen molar-refractivity contribution in [2.45, 2.75) is 0 Å². The van der Waals surface area contributed by atoms with E-state index in [2.05, 4.69) is 30.6 Å². The molecule has 5 aromatic rings. The predicted octanol–water partition coefficient (Wildman–Crippen LogP) is 4.66. The second-order valence-electron chi connectivity index (χ2n) is 7.40. The number of nitrogens with one attached hydrogen (secondary N) is 3. The van der Waals surface area contributed by atoms with E-state index in [0.717, 1.165) is 5.56 Å². The first-order valence-electron chi connectivity index (χ1n) is 10.3. The molecule has 0 spiro atoms. The largest absolute Gasteiger partial charge is 0.337 e. The summed E-state index contributed by atoms with van der Waals surface area (Å²) >= 11 is 0. The highest BCUT2D eigenvalue weighted by Gasteiger charge is 2.11. The van der Waals surface area contributed by atoms with Gasteiger partial charge in [-0.3, -0.25) is 14.6 Å². The number of carbonyl (C=O) groups is 2. The number of amides is 2. The van der Waals surface area contributed by atoms with Crippen LogP contribution in [-0.2, 0) is 0 Å². The first kappa shape index (κ1) is 21.0. The van der Waals surface area contributed by atoms with Crippen molar-refractivity contribution < 1.29 is 14.0 Å². The summed E-state index contributed by atoms with van der Waals surface area (Å²) in [5, 5.41) is 5.52. The number of benzene rings is 2. The van der Waals surface area contributed by atoms with Crippen LogP contribution in [-0.4, -0.2) is 31.8 Å². The number of H-pyrrole nitrogens is 1. The molecule has 0 radical (unpaired) electrons. The zero-order valence-corrected chi connectivity index (χ0v) is 17.6. The molecule has 9 heteroatoms. The Labute approximate surface area is 192 Å². The molecule has 0 fully saturated rings. The number of rotatable bonds is 5. The molecule has 0 saturated carbocycles. The number of carbonyl (C=O) groups excluding carboxylic acids is 2.